The van der Waals surface area contributed by atoms with Crippen LogP contribution in [0.2, 0.25) is 5.02 Å². The van der Waals surface area contributed by atoms with E-state index in [4.69, 9.17) is 11.6 Å². The lowest BCUT2D eigenvalue weighted by atomic mass is 10.1. The van der Waals surface area contributed by atoms with E-state index in [9.17, 15) is 13.2 Å². The maximum atomic E-state index is 13.0. The molecule has 1 N–H and O–H groups in total. The van der Waals surface area contributed by atoms with Crippen LogP contribution in [-0.4, -0.2) is 62.5 Å². The second-order valence-electron chi connectivity index (χ2n) is 7.43. The second kappa shape index (κ2) is 9.70. The highest BCUT2D eigenvalue weighted by molar-refractivity contribution is 8.00. The molecule has 0 bridgehead atoms. The Kier molecular flexibility index (Phi) is 7.47. The fraction of sp³-hybridized carbons (Fsp3) is 0.381. The number of likely N-dealkylation sites (N-methyl/N-ethyl adjacent to an activating group) is 1. The molecule has 0 saturated carbocycles. The summed E-state index contributed by atoms with van der Waals surface area (Å²) in [5.74, 6) is -0.0388. The first kappa shape index (κ1) is 23.1. The van der Waals surface area contributed by atoms with Gasteiger partial charge in [-0.15, -0.1) is 11.8 Å². The van der Waals surface area contributed by atoms with Gasteiger partial charge in [0.1, 0.15) is 0 Å². The number of sulfonamides is 1. The Morgan fingerprint density at radius 2 is 1.77 bits per heavy atom. The molecule has 9 heteroatoms. The standard InChI is InChI=1S/C21H26ClN3O3S2/c1-15-4-5-17(12-16(15)2)29-14-21(26)23-20-13-18(6-7-19(20)22)30(27,28)25-10-8-24(3)9-11-25/h4-7,12-13H,8-11,14H2,1-3H3,(H,23,26). The van der Waals surface area contributed by atoms with Gasteiger partial charge < -0.3 is 10.2 Å². The number of amides is 1. The number of nitrogens with one attached hydrogen (secondary N) is 1. The van der Waals surface area contributed by atoms with Gasteiger partial charge in [0.2, 0.25) is 15.9 Å². The van der Waals surface area contributed by atoms with Crippen LogP contribution in [0.3, 0.4) is 0 Å². The minimum absolute atomic E-state index is 0.133. The number of thioether (sulfide) groups is 1. The van der Waals surface area contributed by atoms with E-state index in [-0.39, 0.29) is 16.6 Å². The summed E-state index contributed by atoms with van der Waals surface area (Å²) in [5, 5.41) is 3.05. The first-order chi connectivity index (χ1) is 14.2. The molecule has 2 aromatic carbocycles. The van der Waals surface area contributed by atoms with Crippen molar-refractivity contribution >= 4 is 45.0 Å². The van der Waals surface area contributed by atoms with Gasteiger partial charge in [-0.05, 0) is 62.4 Å². The Balaban J connectivity index is 1.68. The number of carbonyl (C=O) groups excluding carboxylic acids is 1. The molecule has 1 fully saturated rings. The summed E-state index contributed by atoms with van der Waals surface area (Å²) in [7, 11) is -1.67. The summed E-state index contributed by atoms with van der Waals surface area (Å²) in [4.78, 5) is 15.7. The van der Waals surface area contributed by atoms with Gasteiger partial charge in [-0.1, -0.05) is 17.7 Å². The van der Waals surface area contributed by atoms with E-state index in [1.165, 1.54) is 45.4 Å². The average molecular weight is 468 g/mol. The summed E-state index contributed by atoms with van der Waals surface area (Å²) in [6.45, 7) is 6.33. The summed E-state index contributed by atoms with van der Waals surface area (Å²) in [6, 6.07) is 10.5. The van der Waals surface area contributed by atoms with Crippen LogP contribution in [0.5, 0.6) is 0 Å². The number of anilines is 1. The molecule has 1 heterocycles. The molecule has 0 aromatic heterocycles. The van der Waals surface area contributed by atoms with Crippen molar-refractivity contribution in [2.75, 3.05) is 44.3 Å². The first-order valence-corrected chi connectivity index (χ1v) is 12.5. The van der Waals surface area contributed by atoms with E-state index < -0.39 is 10.0 Å². The van der Waals surface area contributed by atoms with Crippen LogP contribution in [0.25, 0.3) is 0 Å². The first-order valence-electron chi connectivity index (χ1n) is 9.65. The van der Waals surface area contributed by atoms with Crippen LogP contribution in [0, 0.1) is 13.8 Å². The number of rotatable bonds is 6. The van der Waals surface area contributed by atoms with Crippen molar-refractivity contribution in [3.8, 4) is 0 Å². The molecule has 0 radical (unpaired) electrons. The molecule has 2 aromatic rings. The number of hydrogen-bond acceptors (Lipinski definition) is 5. The zero-order chi connectivity index (χ0) is 21.9. The fourth-order valence-corrected chi connectivity index (χ4v) is 5.49. The van der Waals surface area contributed by atoms with Crippen LogP contribution in [0.4, 0.5) is 5.69 Å². The smallest absolute Gasteiger partial charge is 0.243 e. The van der Waals surface area contributed by atoms with Crippen molar-refractivity contribution in [3.05, 3.63) is 52.5 Å². The highest BCUT2D eigenvalue weighted by Crippen LogP contribution is 2.28. The molecule has 0 spiro atoms. The summed E-state index contributed by atoms with van der Waals surface area (Å²) in [5.41, 5.74) is 2.68. The van der Waals surface area contributed by atoms with Gasteiger partial charge in [0.25, 0.3) is 0 Å². The van der Waals surface area contributed by atoms with E-state index in [2.05, 4.69) is 10.2 Å². The zero-order valence-electron chi connectivity index (χ0n) is 17.3. The Labute approximate surface area is 187 Å². The molecule has 0 atom stereocenters. The number of hydrogen-bond donors (Lipinski definition) is 1. The SMILES string of the molecule is Cc1ccc(SCC(=O)Nc2cc(S(=O)(=O)N3CCN(C)CC3)ccc2Cl)cc1C. The van der Waals surface area contributed by atoms with Gasteiger partial charge >= 0.3 is 0 Å². The monoisotopic (exact) mass is 467 g/mol. The van der Waals surface area contributed by atoms with Crippen LogP contribution < -0.4 is 5.32 Å². The lowest BCUT2D eigenvalue weighted by Gasteiger charge is -2.31. The molecule has 3 rings (SSSR count). The van der Waals surface area contributed by atoms with Crippen LogP contribution in [-0.2, 0) is 14.8 Å². The Bertz CT molecular complexity index is 1040. The van der Waals surface area contributed by atoms with Crippen molar-refractivity contribution in [3.63, 3.8) is 0 Å². The molecular weight excluding hydrogens is 442 g/mol. The zero-order valence-corrected chi connectivity index (χ0v) is 19.7. The van der Waals surface area contributed by atoms with E-state index in [0.717, 1.165) is 4.90 Å². The number of halogens is 1. The van der Waals surface area contributed by atoms with Gasteiger partial charge in [-0.2, -0.15) is 4.31 Å². The minimum Gasteiger partial charge on any atom is -0.324 e. The van der Waals surface area contributed by atoms with Crippen molar-refractivity contribution in [2.45, 2.75) is 23.6 Å². The normalized spacial score (nSPS) is 15.9. The highest BCUT2D eigenvalue weighted by Gasteiger charge is 2.28. The number of piperazine rings is 1. The third kappa shape index (κ3) is 5.56. The molecule has 1 aliphatic heterocycles. The summed E-state index contributed by atoms with van der Waals surface area (Å²) >= 11 is 7.64. The van der Waals surface area contributed by atoms with Crippen molar-refractivity contribution in [1.29, 1.82) is 0 Å². The molecule has 30 heavy (non-hydrogen) atoms. The van der Waals surface area contributed by atoms with Crippen molar-refractivity contribution in [2.24, 2.45) is 0 Å². The molecule has 1 amide bonds. The summed E-state index contributed by atoms with van der Waals surface area (Å²) < 4.78 is 27.4. The van der Waals surface area contributed by atoms with Crippen molar-refractivity contribution < 1.29 is 13.2 Å². The Morgan fingerprint density at radius 1 is 1.07 bits per heavy atom. The molecular formula is C21H26ClN3O3S2. The molecule has 1 saturated heterocycles. The van der Waals surface area contributed by atoms with E-state index >= 15 is 0 Å². The lowest BCUT2D eigenvalue weighted by Crippen LogP contribution is -2.47. The third-order valence-electron chi connectivity index (χ3n) is 5.16. The molecule has 0 aliphatic carbocycles. The Morgan fingerprint density at radius 3 is 2.43 bits per heavy atom. The predicted octanol–water partition coefficient (Wildman–Crippen LogP) is 3.62. The minimum atomic E-state index is -3.63. The number of nitrogens with zero attached hydrogens (tertiary/aromatic N) is 2. The summed E-state index contributed by atoms with van der Waals surface area (Å²) in [6.07, 6.45) is 0. The number of carbonyl (C=O) groups is 1. The molecule has 0 unspecified atom stereocenters. The van der Waals surface area contributed by atoms with Crippen LogP contribution in [0.15, 0.2) is 46.2 Å². The maximum absolute atomic E-state index is 13.0. The number of aryl methyl sites for hydroxylation is 2. The molecule has 162 valence electrons. The van der Waals surface area contributed by atoms with Gasteiger partial charge in [-0.25, -0.2) is 8.42 Å². The van der Waals surface area contributed by atoms with E-state index in [0.29, 0.717) is 36.9 Å². The van der Waals surface area contributed by atoms with Gasteiger partial charge in [-0.3, -0.25) is 4.79 Å². The average Bonchev–Trinajstić information content (AvgIpc) is 2.71. The largest absolute Gasteiger partial charge is 0.324 e. The Hall–Kier alpha value is -1.58. The van der Waals surface area contributed by atoms with E-state index in [1.54, 1.807) is 0 Å². The molecule has 6 nitrogen and oxygen atoms in total. The maximum Gasteiger partial charge on any atom is 0.243 e. The number of benzene rings is 2. The van der Waals surface area contributed by atoms with Gasteiger partial charge in [0.15, 0.2) is 0 Å². The van der Waals surface area contributed by atoms with Gasteiger partial charge in [0, 0.05) is 31.1 Å². The molecule has 1 aliphatic rings. The highest BCUT2D eigenvalue weighted by atomic mass is 35.5. The third-order valence-corrected chi connectivity index (χ3v) is 8.38. The van der Waals surface area contributed by atoms with Crippen molar-refractivity contribution in [1.82, 2.24) is 9.21 Å². The fourth-order valence-electron chi connectivity index (χ4n) is 3.08. The topological polar surface area (TPSA) is 69.7 Å². The second-order valence-corrected chi connectivity index (χ2v) is 10.8. The lowest BCUT2D eigenvalue weighted by molar-refractivity contribution is -0.113. The quantitative estimate of drug-likeness (QED) is 0.657. The predicted molar refractivity (Wildman–Crippen MR) is 123 cm³/mol. The van der Waals surface area contributed by atoms with Crippen LogP contribution in [0.1, 0.15) is 11.1 Å². The van der Waals surface area contributed by atoms with Gasteiger partial charge in [0.05, 0.1) is 21.4 Å². The van der Waals surface area contributed by atoms with Crippen LogP contribution >= 0.6 is 23.4 Å². The van der Waals surface area contributed by atoms with E-state index in [1.807, 2.05) is 39.1 Å².